The summed E-state index contributed by atoms with van der Waals surface area (Å²) in [6.45, 7) is 11.4. The van der Waals surface area contributed by atoms with Crippen molar-refractivity contribution < 1.29 is 28.6 Å². The molecule has 0 heterocycles. The molecular formula is C55H106O6. The van der Waals surface area contributed by atoms with Crippen LogP contribution < -0.4 is 0 Å². The minimum absolute atomic E-state index is 0.0632. The molecule has 0 unspecified atom stereocenters. The molecule has 0 bridgehead atoms. The Labute approximate surface area is 380 Å². The van der Waals surface area contributed by atoms with Gasteiger partial charge in [-0.05, 0) is 31.1 Å². The van der Waals surface area contributed by atoms with Crippen LogP contribution in [0.4, 0.5) is 0 Å². The lowest BCUT2D eigenvalue weighted by molar-refractivity contribution is -0.167. The molecule has 0 rings (SSSR count). The molecule has 0 N–H and O–H groups in total. The van der Waals surface area contributed by atoms with Gasteiger partial charge in [-0.1, -0.05) is 266 Å². The Balaban J connectivity index is 4.31. The van der Waals surface area contributed by atoms with E-state index < -0.39 is 6.10 Å². The van der Waals surface area contributed by atoms with E-state index in [1.165, 1.54) is 193 Å². The maximum Gasteiger partial charge on any atom is 0.306 e. The predicted molar refractivity (Wildman–Crippen MR) is 261 cm³/mol. The SMILES string of the molecule is CCCCCCCCCCCCCCCCCC(=O)OC[C@@H](COC(=O)CCCCCCCCCCCCCC(C)C)OC(=O)CCCCCCCCCCCCCC(C)C. The zero-order valence-corrected chi connectivity index (χ0v) is 41.8. The molecule has 0 aliphatic carbocycles. The lowest BCUT2D eigenvalue weighted by Crippen LogP contribution is -2.30. The lowest BCUT2D eigenvalue weighted by Gasteiger charge is -2.18. The zero-order valence-electron chi connectivity index (χ0n) is 41.8. The molecule has 0 aromatic heterocycles. The topological polar surface area (TPSA) is 78.9 Å². The molecule has 6 heteroatoms. The second kappa shape index (κ2) is 47.9. The number of hydrogen-bond donors (Lipinski definition) is 0. The average Bonchev–Trinajstić information content (AvgIpc) is 3.23. The number of rotatable bonds is 49. The first-order valence-corrected chi connectivity index (χ1v) is 27.2. The second-order valence-electron chi connectivity index (χ2n) is 19.8. The van der Waals surface area contributed by atoms with Gasteiger partial charge in [-0.15, -0.1) is 0 Å². The van der Waals surface area contributed by atoms with Crippen LogP contribution in [0.3, 0.4) is 0 Å². The van der Waals surface area contributed by atoms with Crippen molar-refractivity contribution in [2.75, 3.05) is 13.2 Å². The van der Waals surface area contributed by atoms with E-state index >= 15 is 0 Å². The van der Waals surface area contributed by atoms with Gasteiger partial charge >= 0.3 is 17.9 Å². The van der Waals surface area contributed by atoms with Crippen LogP contribution in [0.5, 0.6) is 0 Å². The molecule has 0 aliphatic heterocycles. The van der Waals surface area contributed by atoms with Crippen molar-refractivity contribution >= 4 is 17.9 Å². The summed E-state index contributed by atoms with van der Waals surface area (Å²) in [4.78, 5) is 38.0. The summed E-state index contributed by atoms with van der Waals surface area (Å²) in [6, 6.07) is 0. The fraction of sp³-hybridized carbons (Fsp3) is 0.945. The summed E-state index contributed by atoms with van der Waals surface area (Å²) >= 11 is 0. The second-order valence-corrected chi connectivity index (χ2v) is 19.8. The lowest BCUT2D eigenvalue weighted by atomic mass is 10.0. The fourth-order valence-corrected chi connectivity index (χ4v) is 8.34. The number of hydrogen-bond acceptors (Lipinski definition) is 6. The molecule has 1 atom stereocenters. The molecular weight excluding hydrogens is 757 g/mol. The maximum absolute atomic E-state index is 12.8. The van der Waals surface area contributed by atoms with Gasteiger partial charge in [0.15, 0.2) is 6.10 Å². The molecule has 61 heavy (non-hydrogen) atoms. The monoisotopic (exact) mass is 863 g/mol. The minimum Gasteiger partial charge on any atom is -0.462 e. The zero-order chi connectivity index (χ0) is 44.7. The number of unbranched alkanes of at least 4 members (excludes halogenated alkanes) is 34. The first kappa shape index (κ1) is 59.4. The van der Waals surface area contributed by atoms with Gasteiger partial charge in [0, 0.05) is 19.3 Å². The van der Waals surface area contributed by atoms with Crippen molar-refractivity contribution in [2.24, 2.45) is 11.8 Å². The van der Waals surface area contributed by atoms with Gasteiger partial charge in [0.1, 0.15) is 13.2 Å². The molecule has 0 aromatic rings. The molecule has 0 spiro atoms. The fourth-order valence-electron chi connectivity index (χ4n) is 8.34. The van der Waals surface area contributed by atoms with Gasteiger partial charge in [-0.25, -0.2) is 0 Å². The van der Waals surface area contributed by atoms with Crippen molar-refractivity contribution in [2.45, 2.75) is 310 Å². The van der Waals surface area contributed by atoms with Gasteiger partial charge in [0.25, 0.3) is 0 Å². The summed E-state index contributed by atoms with van der Waals surface area (Å²) < 4.78 is 16.8. The standard InChI is InChI=1S/C55H106O6/c1-6-7-8-9-10-11-12-13-14-15-20-25-30-35-40-45-53(56)59-48-52(61-55(58)47-42-37-32-27-22-17-19-24-29-34-39-44-51(4)5)49-60-54(57)46-41-36-31-26-21-16-18-23-28-33-38-43-50(2)3/h50-52H,6-49H2,1-5H3/t52-/m0/s1. The third-order valence-corrected chi connectivity index (χ3v) is 12.5. The van der Waals surface area contributed by atoms with E-state index in [0.29, 0.717) is 19.3 Å². The summed E-state index contributed by atoms with van der Waals surface area (Å²) in [5, 5.41) is 0. The highest BCUT2D eigenvalue weighted by Crippen LogP contribution is 2.18. The van der Waals surface area contributed by atoms with E-state index in [9.17, 15) is 14.4 Å². The van der Waals surface area contributed by atoms with Crippen LogP contribution in [-0.4, -0.2) is 37.2 Å². The Morgan fingerprint density at radius 3 is 0.803 bits per heavy atom. The van der Waals surface area contributed by atoms with E-state index in [1.807, 2.05) is 0 Å². The first-order valence-electron chi connectivity index (χ1n) is 27.2. The Bertz CT molecular complexity index is 931. The van der Waals surface area contributed by atoms with Crippen LogP contribution in [-0.2, 0) is 28.6 Å². The van der Waals surface area contributed by atoms with E-state index in [-0.39, 0.29) is 31.1 Å². The van der Waals surface area contributed by atoms with Gasteiger partial charge in [0.05, 0.1) is 0 Å². The molecule has 0 amide bonds. The Hall–Kier alpha value is -1.59. The smallest absolute Gasteiger partial charge is 0.306 e. The highest BCUT2D eigenvalue weighted by molar-refractivity contribution is 5.71. The predicted octanol–water partition coefficient (Wildman–Crippen LogP) is 17.7. The van der Waals surface area contributed by atoms with Crippen LogP contribution in [0.2, 0.25) is 0 Å². The largest absolute Gasteiger partial charge is 0.462 e. The molecule has 0 saturated carbocycles. The quantitative estimate of drug-likeness (QED) is 0.0344. The van der Waals surface area contributed by atoms with Crippen molar-refractivity contribution in [3.05, 3.63) is 0 Å². The Morgan fingerprint density at radius 2 is 0.541 bits per heavy atom. The van der Waals surface area contributed by atoms with E-state index in [1.54, 1.807) is 0 Å². The van der Waals surface area contributed by atoms with E-state index in [0.717, 1.165) is 69.6 Å². The van der Waals surface area contributed by atoms with Gasteiger partial charge in [-0.3, -0.25) is 14.4 Å². The van der Waals surface area contributed by atoms with E-state index in [2.05, 4.69) is 34.6 Å². The Morgan fingerprint density at radius 1 is 0.311 bits per heavy atom. The van der Waals surface area contributed by atoms with Crippen molar-refractivity contribution in [1.82, 2.24) is 0 Å². The van der Waals surface area contributed by atoms with E-state index in [4.69, 9.17) is 14.2 Å². The highest BCUT2D eigenvalue weighted by atomic mass is 16.6. The van der Waals surface area contributed by atoms with Crippen molar-refractivity contribution in [3.8, 4) is 0 Å². The van der Waals surface area contributed by atoms with Gasteiger partial charge < -0.3 is 14.2 Å². The first-order chi connectivity index (χ1) is 29.7. The summed E-state index contributed by atoms with van der Waals surface area (Å²) in [7, 11) is 0. The van der Waals surface area contributed by atoms with Gasteiger partial charge in [0.2, 0.25) is 0 Å². The normalized spacial score (nSPS) is 12.0. The Kier molecular flexibility index (Phi) is 46.6. The third-order valence-electron chi connectivity index (χ3n) is 12.5. The number of esters is 3. The maximum atomic E-state index is 12.8. The molecule has 0 fully saturated rings. The van der Waals surface area contributed by atoms with Crippen LogP contribution in [0.25, 0.3) is 0 Å². The molecule has 0 aliphatic rings. The molecule has 6 nitrogen and oxygen atoms in total. The van der Waals surface area contributed by atoms with Crippen LogP contribution in [0.15, 0.2) is 0 Å². The average molecular weight is 863 g/mol. The molecule has 362 valence electrons. The summed E-state index contributed by atoms with van der Waals surface area (Å²) in [6.07, 6.45) is 49.4. The van der Waals surface area contributed by atoms with Crippen LogP contribution in [0, 0.1) is 11.8 Å². The minimum atomic E-state index is -0.762. The summed E-state index contributed by atoms with van der Waals surface area (Å²) in [5.74, 6) is 0.808. The molecule has 0 radical (unpaired) electrons. The number of ether oxygens (including phenoxy) is 3. The number of carbonyl (C=O) groups is 3. The summed E-state index contributed by atoms with van der Waals surface area (Å²) in [5.41, 5.74) is 0. The van der Waals surface area contributed by atoms with Crippen molar-refractivity contribution in [3.63, 3.8) is 0 Å². The van der Waals surface area contributed by atoms with Crippen LogP contribution >= 0.6 is 0 Å². The third kappa shape index (κ3) is 49.3. The molecule has 0 aromatic carbocycles. The van der Waals surface area contributed by atoms with Gasteiger partial charge in [-0.2, -0.15) is 0 Å². The highest BCUT2D eigenvalue weighted by Gasteiger charge is 2.19. The molecule has 0 saturated heterocycles. The van der Waals surface area contributed by atoms with Crippen molar-refractivity contribution in [1.29, 1.82) is 0 Å². The number of carbonyl (C=O) groups excluding carboxylic acids is 3. The van der Waals surface area contributed by atoms with Crippen LogP contribution in [0.1, 0.15) is 304 Å².